The normalized spacial score (nSPS) is 19.0. The Bertz CT molecular complexity index is 1320. The maximum Gasteiger partial charge on any atom is 0.257 e. The van der Waals surface area contributed by atoms with Gasteiger partial charge in [0.25, 0.3) is 5.56 Å². The fraction of sp³-hybridized carbons (Fsp3) is 0.296. The van der Waals surface area contributed by atoms with E-state index in [1.54, 1.807) is 0 Å². The minimum atomic E-state index is -0.413. The van der Waals surface area contributed by atoms with Crippen molar-refractivity contribution in [2.45, 2.75) is 50.4 Å². The van der Waals surface area contributed by atoms with Gasteiger partial charge in [-0.2, -0.15) is 0 Å². The molecule has 5 nitrogen and oxygen atoms in total. The van der Waals surface area contributed by atoms with E-state index in [-0.39, 0.29) is 16.8 Å². The Hall–Kier alpha value is -3.12. The van der Waals surface area contributed by atoms with Crippen molar-refractivity contribution < 1.29 is 4.79 Å². The third kappa shape index (κ3) is 4.27. The highest BCUT2D eigenvalue weighted by Gasteiger charge is 2.42. The molecule has 1 unspecified atom stereocenters. The van der Waals surface area contributed by atoms with Gasteiger partial charge in [0.15, 0.2) is 10.9 Å². The predicted molar refractivity (Wildman–Crippen MR) is 133 cm³/mol. The Morgan fingerprint density at radius 2 is 1.85 bits per heavy atom. The Balaban J connectivity index is 1.60. The fourth-order valence-corrected chi connectivity index (χ4v) is 5.69. The molecule has 6 heteroatoms. The van der Waals surface area contributed by atoms with Gasteiger partial charge < -0.3 is 10.3 Å². The molecule has 0 radical (unpaired) electrons. The number of hydrogen-bond acceptors (Lipinski definition) is 5. The highest BCUT2D eigenvalue weighted by Crippen LogP contribution is 2.47. The first-order chi connectivity index (χ1) is 15.8. The summed E-state index contributed by atoms with van der Waals surface area (Å²) in [5, 5.41) is 3.97. The van der Waals surface area contributed by atoms with Crippen molar-refractivity contribution in [2.75, 3.05) is 5.32 Å². The van der Waals surface area contributed by atoms with E-state index in [2.05, 4.69) is 42.3 Å². The number of thioether (sulfide) groups is 1. The number of benzene rings is 2. The number of anilines is 1. The second kappa shape index (κ2) is 8.34. The van der Waals surface area contributed by atoms with E-state index >= 15 is 0 Å². The zero-order valence-corrected chi connectivity index (χ0v) is 19.9. The molecule has 3 aromatic rings. The molecule has 0 saturated carbocycles. The lowest BCUT2D eigenvalue weighted by molar-refractivity contribution is -0.118. The third-order valence-corrected chi connectivity index (χ3v) is 7.24. The molecule has 33 heavy (non-hydrogen) atoms. The molecule has 1 aromatic heterocycles. The number of hydrogen-bond donors (Lipinski definition) is 2. The maximum atomic E-state index is 13.4. The van der Waals surface area contributed by atoms with Gasteiger partial charge in [-0.3, -0.25) is 9.59 Å². The van der Waals surface area contributed by atoms with Crippen LogP contribution in [0.2, 0.25) is 0 Å². The quantitative estimate of drug-likeness (QED) is 0.396. The van der Waals surface area contributed by atoms with Crippen LogP contribution in [0.25, 0.3) is 0 Å². The van der Waals surface area contributed by atoms with Crippen LogP contribution in [0.1, 0.15) is 54.9 Å². The molecule has 2 aliphatic rings. The van der Waals surface area contributed by atoms with E-state index in [1.807, 2.05) is 43.3 Å². The summed E-state index contributed by atoms with van der Waals surface area (Å²) in [4.78, 5) is 34.5. The minimum Gasteiger partial charge on any atom is -0.343 e. The van der Waals surface area contributed by atoms with E-state index in [1.165, 1.54) is 11.8 Å². The average molecular weight is 458 g/mol. The van der Waals surface area contributed by atoms with Crippen LogP contribution in [-0.2, 0) is 10.5 Å². The van der Waals surface area contributed by atoms with Gasteiger partial charge in [0, 0.05) is 29.4 Å². The highest BCUT2D eigenvalue weighted by molar-refractivity contribution is 7.98. The SMILES string of the molecule is Cc1cccc(C2C3=C(CC(C)(C)CC3=O)Nc3nc(SCc4ccccc4)[nH]c(=O)c32)c1. The van der Waals surface area contributed by atoms with Crippen molar-refractivity contribution in [2.24, 2.45) is 5.41 Å². The molecular formula is C27H27N3O2S. The fourth-order valence-electron chi connectivity index (χ4n) is 4.87. The number of carbonyl (C=O) groups excluding carboxylic acids is 1. The number of ketones is 1. The summed E-state index contributed by atoms with van der Waals surface area (Å²) in [6, 6.07) is 18.2. The lowest BCUT2D eigenvalue weighted by Crippen LogP contribution is -2.37. The molecular weight excluding hydrogens is 430 g/mol. The smallest absolute Gasteiger partial charge is 0.257 e. The number of allylic oxidation sites excluding steroid dienone is 2. The topological polar surface area (TPSA) is 74.8 Å². The molecule has 1 atom stereocenters. The Kier molecular flexibility index (Phi) is 5.49. The first-order valence-corrected chi connectivity index (χ1v) is 12.2. The van der Waals surface area contributed by atoms with Crippen molar-refractivity contribution in [3.8, 4) is 0 Å². The highest BCUT2D eigenvalue weighted by atomic mass is 32.2. The van der Waals surface area contributed by atoms with Crippen LogP contribution in [0.4, 0.5) is 5.82 Å². The van der Waals surface area contributed by atoms with Crippen molar-refractivity contribution >= 4 is 23.4 Å². The van der Waals surface area contributed by atoms with Crippen LogP contribution < -0.4 is 10.9 Å². The van der Waals surface area contributed by atoms with E-state index in [0.717, 1.165) is 28.8 Å². The zero-order chi connectivity index (χ0) is 23.2. The molecule has 1 aliphatic carbocycles. The molecule has 0 fully saturated rings. The zero-order valence-electron chi connectivity index (χ0n) is 19.1. The molecule has 2 aromatic carbocycles. The number of H-pyrrole nitrogens is 1. The Morgan fingerprint density at radius 1 is 1.06 bits per heavy atom. The van der Waals surface area contributed by atoms with Gasteiger partial charge in [0.1, 0.15) is 5.82 Å². The van der Waals surface area contributed by atoms with Crippen molar-refractivity contribution in [3.63, 3.8) is 0 Å². The van der Waals surface area contributed by atoms with Crippen molar-refractivity contribution in [1.82, 2.24) is 9.97 Å². The molecule has 2 heterocycles. The van der Waals surface area contributed by atoms with Crippen LogP contribution in [0.15, 0.2) is 75.8 Å². The molecule has 5 rings (SSSR count). The Labute approximate surface area is 197 Å². The Morgan fingerprint density at radius 3 is 2.61 bits per heavy atom. The predicted octanol–water partition coefficient (Wildman–Crippen LogP) is 5.57. The van der Waals surface area contributed by atoms with Gasteiger partial charge in [-0.15, -0.1) is 0 Å². The number of nitrogens with zero attached hydrogens (tertiary/aromatic N) is 1. The molecule has 0 spiro atoms. The monoisotopic (exact) mass is 457 g/mol. The van der Waals surface area contributed by atoms with Gasteiger partial charge in [0.05, 0.1) is 5.56 Å². The van der Waals surface area contributed by atoms with Crippen LogP contribution >= 0.6 is 11.8 Å². The van der Waals surface area contributed by atoms with E-state index in [4.69, 9.17) is 4.98 Å². The summed E-state index contributed by atoms with van der Waals surface area (Å²) in [6.45, 7) is 6.25. The maximum absolute atomic E-state index is 13.4. The van der Waals surface area contributed by atoms with E-state index in [0.29, 0.717) is 34.3 Å². The number of carbonyl (C=O) groups is 1. The van der Waals surface area contributed by atoms with Crippen LogP contribution in [0.5, 0.6) is 0 Å². The van der Waals surface area contributed by atoms with Gasteiger partial charge in [-0.25, -0.2) is 4.98 Å². The second-order valence-corrected chi connectivity index (χ2v) is 10.7. The first-order valence-electron chi connectivity index (χ1n) is 11.2. The standard InChI is InChI=1S/C27H27N3O2S/c1-16-8-7-11-18(12-16)21-22-19(13-27(2,3)14-20(22)31)28-24-23(21)25(32)30-26(29-24)33-15-17-9-5-4-6-10-17/h4-12,21H,13-15H2,1-3H3,(H2,28,29,30,32). The number of nitrogens with one attached hydrogen (secondary N) is 2. The number of aryl methyl sites for hydroxylation is 1. The van der Waals surface area contributed by atoms with Gasteiger partial charge in [-0.1, -0.05) is 85.8 Å². The first kappa shape index (κ1) is 21.7. The summed E-state index contributed by atoms with van der Waals surface area (Å²) in [6.07, 6.45) is 1.22. The minimum absolute atomic E-state index is 0.104. The average Bonchev–Trinajstić information content (AvgIpc) is 2.76. The largest absolute Gasteiger partial charge is 0.343 e. The summed E-state index contributed by atoms with van der Waals surface area (Å²) in [7, 11) is 0. The summed E-state index contributed by atoms with van der Waals surface area (Å²) >= 11 is 1.50. The van der Waals surface area contributed by atoms with E-state index < -0.39 is 5.92 Å². The summed E-state index contributed by atoms with van der Waals surface area (Å²) < 4.78 is 0. The van der Waals surface area contributed by atoms with Crippen LogP contribution in [0.3, 0.4) is 0 Å². The number of aromatic nitrogens is 2. The van der Waals surface area contributed by atoms with Crippen molar-refractivity contribution in [3.05, 3.63) is 98.5 Å². The molecule has 168 valence electrons. The molecule has 1 aliphatic heterocycles. The molecule has 0 amide bonds. The number of Topliss-reactive ketones (excluding diaryl/α,β-unsaturated/α-hetero) is 1. The van der Waals surface area contributed by atoms with Crippen LogP contribution in [0, 0.1) is 12.3 Å². The van der Waals surface area contributed by atoms with Gasteiger partial charge in [-0.05, 0) is 29.9 Å². The van der Waals surface area contributed by atoms with Crippen molar-refractivity contribution in [1.29, 1.82) is 0 Å². The van der Waals surface area contributed by atoms with E-state index in [9.17, 15) is 9.59 Å². The van der Waals surface area contributed by atoms with Gasteiger partial charge >= 0.3 is 0 Å². The van der Waals surface area contributed by atoms with Gasteiger partial charge in [0.2, 0.25) is 0 Å². The summed E-state index contributed by atoms with van der Waals surface area (Å²) in [5.41, 5.74) is 5.02. The lowest BCUT2D eigenvalue weighted by Gasteiger charge is -2.38. The number of aromatic amines is 1. The lowest BCUT2D eigenvalue weighted by atomic mass is 9.69. The third-order valence-electron chi connectivity index (χ3n) is 6.29. The second-order valence-electron chi connectivity index (χ2n) is 9.71. The number of fused-ring (bicyclic) bond motifs is 1. The molecule has 0 saturated heterocycles. The molecule has 2 N–H and O–H groups in total. The molecule has 0 bridgehead atoms. The number of rotatable bonds is 4. The summed E-state index contributed by atoms with van der Waals surface area (Å²) in [5.74, 6) is 0.964. The van der Waals surface area contributed by atoms with Crippen LogP contribution in [-0.4, -0.2) is 15.8 Å².